The SMILES string of the molecule is CC(C)C1(Cn2nnnc2-c2cc(F)ccc2N)CC1. The molecule has 0 unspecified atom stereocenters. The highest BCUT2D eigenvalue weighted by molar-refractivity contribution is 5.71. The molecule has 2 aromatic rings. The highest BCUT2D eigenvalue weighted by Gasteiger charge is 2.46. The number of benzene rings is 1. The van der Waals surface area contributed by atoms with Crippen LogP contribution in [0.25, 0.3) is 11.4 Å². The zero-order chi connectivity index (χ0) is 14.3. The van der Waals surface area contributed by atoms with Crippen molar-refractivity contribution in [3.63, 3.8) is 0 Å². The second kappa shape index (κ2) is 4.54. The Hall–Kier alpha value is -1.98. The number of nitrogens with zero attached hydrogens (tertiary/aromatic N) is 4. The molecule has 0 amide bonds. The minimum atomic E-state index is -0.339. The van der Waals surface area contributed by atoms with Crippen molar-refractivity contribution in [2.24, 2.45) is 11.3 Å². The van der Waals surface area contributed by atoms with Gasteiger partial charge in [-0.05, 0) is 52.8 Å². The number of anilines is 1. The quantitative estimate of drug-likeness (QED) is 0.870. The van der Waals surface area contributed by atoms with Crippen LogP contribution in [0.15, 0.2) is 18.2 Å². The van der Waals surface area contributed by atoms with Crippen molar-refractivity contribution >= 4 is 5.69 Å². The van der Waals surface area contributed by atoms with Crippen LogP contribution in [0.5, 0.6) is 0 Å². The Labute approximate surface area is 117 Å². The Balaban J connectivity index is 1.96. The number of halogens is 1. The molecule has 106 valence electrons. The van der Waals surface area contributed by atoms with Gasteiger partial charge in [0.1, 0.15) is 5.82 Å². The lowest BCUT2D eigenvalue weighted by Crippen LogP contribution is -2.19. The Morgan fingerprint density at radius 2 is 2.15 bits per heavy atom. The molecule has 0 saturated heterocycles. The number of nitrogen functional groups attached to an aromatic ring is 1. The number of hydrogen-bond donors (Lipinski definition) is 1. The average molecular weight is 275 g/mol. The summed E-state index contributed by atoms with van der Waals surface area (Å²) in [6, 6.07) is 4.26. The van der Waals surface area contributed by atoms with Crippen molar-refractivity contribution in [1.82, 2.24) is 20.2 Å². The molecule has 1 fully saturated rings. The first kappa shape index (κ1) is 13.0. The van der Waals surface area contributed by atoms with Gasteiger partial charge in [-0.15, -0.1) is 5.10 Å². The molecule has 1 aliphatic rings. The molecule has 1 heterocycles. The minimum absolute atomic E-state index is 0.270. The van der Waals surface area contributed by atoms with Crippen LogP contribution < -0.4 is 5.73 Å². The monoisotopic (exact) mass is 275 g/mol. The largest absolute Gasteiger partial charge is 0.398 e. The van der Waals surface area contributed by atoms with E-state index in [9.17, 15) is 4.39 Å². The lowest BCUT2D eigenvalue weighted by atomic mass is 9.92. The summed E-state index contributed by atoms with van der Waals surface area (Å²) in [7, 11) is 0. The smallest absolute Gasteiger partial charge is 0.184 e. The maximum absolute atomic E-state index is 13.4. The van der Waals surface area contributed by atoms with Crippen LogP contribution in [-0.4, -0.2) is 20.2 Å². The molecule has 0 radical (unpaired) electrons. The van der Waals surface area contributed by atoms with Crippen molar-refractivity contribution in [2.75, 3.05) is 5.73 Å². The molecule has 20 heavy (non-hydrogen) atoms. The summed E-state index contributed by atoms with van der Waals surface area (Å²) in [4.78, 5) is 0. The van der Waals surface area contributed by atoms with E-state index in [-0.39, 0.29) is 11.2 Å². The minimum Gasteiger partial charge on any atom is -0.398 e. The lowest BCUT2D eigenvalue weighted by molar-refractivity contribution is 0.294. The van der Waals surface area contributed by atoms with Gasteiger partial charge in [-0.3, -0.25) is 0 Å². The van der Waals surface area contributed by atoms with Crippen LogP contribution in [0.1, 0.15) is 26.7 Å². The number of aromatic nitrogens is 4. The summed E-state index contributed by atoms with van der Waals surface area (Å²) in [5.41, 5.74) is 7.22. The molecule has 0 atom stereocenters. The van der Waals surface area contributed by atoms with E-state index in [0.29, 0.717) is 23.0 Å². The summed E-state index contributed by atoms with van der Waals surface area (Å²) < 4.78 is 15.2. The van der Waals surface area contributed by atoms with E-state index in [0.717, 1.165) is 6.54 Å². The Morgan fingerprint density at radius 1 is 1.40 bits per heavy atom. The first-order chi connectivity index (χ1) is 9.52. The van der Waals surface area contributed by atoms with Gasteiger partial charge in [0.2, 0.25) is 0 Å². The molecular weight excluding hydrogens is 257 g/mol. The number of nitrogens with two attached hydrogens (primary N) is 1. The van der Waals surface area contributed by atoms with Gasteiger partial charge < -0.3 is 5.73 Å². The van der Waals surface area contributed by atoms with Gasteiger partial charge in [0.25, 0.3) is 0 Å². The van der Waals surface area contributed by atoms with Crippen molar-refractivity contribution in [1.29, 1.82) is 0 Å². The van der Waals surface area contributed by atoms with E-state index in [4.69, 9.17) is 5.73 Å². The van der Waals surface area contributed by atoms with E-state index < -0.39 is 0 Å². The third kappa shape index (κ3) is 2.15. The molecule has 5 nitrogen and oxygen atoms in total. The third-order valence-electron chi connectivity index (χ3n) is 4.37. The van der Waals surface area contributed by atoms with Crippen molar-refractivity contribution in [2.45, 2.75) is 33.2 Å². The Kier molecular flexibility index (Phi) is 2.96. The molecule has 0 spiro atoms. The fourth-order valence-electron chi connectivity index (χ4n) is 2.60. The summed E-state index contributed by atoms with van der Waals surface area (Å²) in [6.45, 7) is 5.18. The van der Waals surface area contributed by atoms with Crippen molar-refractivity contribution in [3.8, 4) is 11.4 Å². The third-order valence-corrected chi connectivity index (χ3v) is 4.37. The second-order valence-corrected chi connectivity index (χ2v) is 5.91. The molecule has 0 bridgehead atoms. The van der Waals surface area contributed by atoms with Gasteiger partial charge in [-0.2, -0.15) is 0 Å². The fourth-order valence-corrected chi connectivity index (χ4v) is 2.60. The lowest BCUT2D eigenvalue weighted by Gasteiger charge is -2.19. The molecule has 2 N–H and O–H groups in total. The maximum Gasteiger partial charge on any atom is 0.184 e. The summed E-state index contributed by atoms with van der Waals surface area (Å²) >= 11 is 0. The van der Waals surface area contributed by atoms with Gasteiger partial charge in [0.05, 0.1) is 6.54 Å². The topological polar surface area (TPSA) is 69.6 Å². The first-order valence-electron chi connectivity index (χ1n) is 6.83. The normalized spacial score (nSPS) is 16.6. The van der Waals surface area contributed by atoms with Crippen LogP contribution in [0, 0.1) is 17.2 Å². The molecular formula is C14H18FN5. The van der Waals surface area contributed by atoms with E-state index in [1.807, 2.05) is 0 Å². The Morgan fingerprint density at radius 3 is 2.80 bits per heavy atom. The van der Waals surface area contributed by atoms with Crippen LogP contribution in [-0.2, 0) is 6.54 Å². The van der Waals surface area contributed by atoms with Gasteiger partial charge >= 0.3 is 0 Å². The van der Waals surface area contributed by atoms with Crippen molar-refractivity contribution in [3.05, 3.63) is 24.0 Å². The Bertz CT molecular complexity index is 630. The summed E-state index contributed by atoms with van der Waals surface area (Å²) in [6.07, 6.45) is 2.37. The van der Waals surface area contributed by atoms with Crippen LogP contribution >= 0.6 is 0 Å². The van der Waals surface area contributed by atoms with Crippen molar-refractivity contribution < 1.29 is 4.39 Å². The molecule has 0 aliphatic heterocycles. The van der Waals surface area contributed by atoms with E-state index in [1.165, 1.54) is 25.0 Å². The fraction of sp³-hybridized carbons (Fsp3) is 0.500. The van der Waals surface area contributed by atoms with Gasteiger partial charge in [0.15, 0.2) is 5.82 Å². The molecule has 3 rings (SSSR count). The summed E-state index contributed by atoms with van der Waals surface area (Å²) in [5, 5.41) is 11.8. The van der Waals surface area contributed by atoms with E-state index >= 15 is 0 Å². The molecule has 1 aliphatic carbocycles. The molecule has 6 heteroatoms. The van der Waals surface area contributed by atoms with Gasteiger partial charge in [0, 0.05) is 11.3 Å². The molecule has 1 saturated carbocycles. The highest BCUT2D eigenvalue weighted by atomic mass is 19.1. The summed E-state index contributed by atoms with van der Waals surface area (Å²) in [5.74, 6) is 0.770. The predicted molar refractivity (Wildman–Crippen MR) is 74.1 cm³/mol. The second-order valence-electron chi connectivity index (χ2n) is 5.91. The molecule has 1 aromatic carbocycles. The number of tetrazole rings is 1. The highest BCUT2D eigenvalue weighted by Crippen LogP contribution is 2.53. The standard InChI is InChI=1S/C14H18FN5/c1-9(2)14(5-6-14)8-20-13(17-18-19-20)11-7-10(15)3-4-12(11)16/h3-4,7,9H,5-6,8,16H2,1-2H3. The van der Waals surface area contributed by atoms with Gasteiger partial charge in [-0.25, -0.2) is 9.07 Å². The van der Waals surface area contributed by atoms with Crippen LogP contribution in [0.4, 0.5) is 10.1 Å². The maximum atomic E-state index is 13.4. The van der Waals surface area contributed by atoms with Crippen LogP contribution in [0.3, 0.4) is 0 Å². The van der Waals surface area contributed by atoms with E-state index in [1.54, 1.807) is 10.7 Å². The van der Waals surface area contributed by atoms with E-state index in [2.05, 4.69) is 29.4 Å². The first-order valence-corrected chi connectivity index (χ1v) is 6.83. The molecule has 1 aromatic heterocycles. The zero-order valence-corrected chi connectivity index (χ0v) is 11.7. The average Bonchev–Trinajstić information content (AvgIpc) is 3.05. The zero-order valence-electron chi connectivity index (χ0n) is 11.7. The predicted octanol–water partition coefficient (Wildman–Crippen LogP) is 2.50. The van der Waals surface area contributed by atoms with Gasteiger partial charge in [-0.1, -0.05) is 13.8 Å². The number of hydrogen-bond acceptors (Lipinski definition) is 4. The number of rotatable bonds is 4. The van der Waals surface area contributed by atoms with Crippen LogP contribution in [0.2, 0.25) is 0 Å².